The Morgan fingerprint density at radius 1 is 0.519 bits per heavy atom. The number of para-hydroxylation sites is 1. The number of hydrogen-bond acceptors (Lipinski definition) is 5. The molecule has 0 atom stereocenters. The van der Waals surface area contributed by atoms with Crippen LogP contribution >= 0.6 is 0 Å². The molecule has 0 spiro atoms. The van der Waals surface area contributed by atoms with E-state index in [2.05, 4.69) is 71.3 Å². The molecule has 0 radical (unpaired) electrons. The fourth-order valence-electron chi connectivity index (χ4n) is 8.39. The van der Waals surface area contributed by atoms with Crippen LogP contribution in [0, 0.1) is 0 Å². The molecule has 0 amide bonds. The van der Waals surface area contributed by atoms with Gasteiger partial charge in [-0.3, -0.25) is 13.8 Å². The summed E-state index contributed by atoms with van der Waals surface area (Å²) >= 11 is 0. The molecule has 0 bridgehead atoms. The Balaban J connectivity index is 1.10. The van der Waals surface area contributed by atoms with Gasteiger partial charge in [0.15, 0.2) is 11.6 Å². The van der Waals surface area contributed by atoms with Gasteiger partial charge in [-0.1, -0.05) is 109 Å². The molecule has 54 heavy (non-hydrogen) atoms. The molecule has 7 heteroatoms. The van der Waals surface area contributed by atoms with Crippen molar-refractivity contribution < 1.29 is 0 Å². The summed E-state index contributed by atoms with van der Waals surface area (Å²) in [5, 5.41) is 2.76. The number of nitrogens with zero attached hydrogens (tertiary/aromatic N) is 6. The van der Waals surface area contributed by atoms with E-state index in [9.17, 15) is 4.79 Å². The fraction of sp³-hybridized carbons (Fsp3) is 0.0851. The third-order valence-corrected chi connectivity index (χ3v) is 10.9. The Morgan fingerprint density at radius 2 is 1.15 bits per heavy atom. The molecule has 0 unspecified atom stereocenters. The first-order valence-electron chi connectivity index (χ1n) is 18.5. The third-order valence-electron chi connectivity index (χ3n) is 10.9. The second kappa shape index (κ2) is 12.0. The molecule has 4 heterocycles. The van der Waals surface area contributed by atoms with E-state index in [1.165, 1.54) is 11.1 Å². The van der Waals surface area contributed by atoms with E-state index < -0.39 is 0 Å². The van der Waals surface area contributed by atoms with Crippen LogP contribution in [0.3, 0.4) is 0 Å². The molecule has 9 aromatic rings. The van der Waals surface area contributed by atoms with E-state index in [1.54, 1.807) is 0 Å². The lowest BCUT2D eigenvalue weighted by atomic mass is 9.88. The van der Waals surface area contributed by atoms with Crippen molar-refractivity contribution in [2.45, 2.75) is 25.7 Å². The smallest absolute Gasteiger partial charge is 0.266 e. The topological polar surface area (TPSA) is 78.0 Å². The zero-order chi connectivity index (χ0) is 35.8. The molecule has 0 fully saturated rings. The lowest BCUT2D eigenvalue weighted by Crippen LogP contribution is -2.23. The molecule has 5 aromatic carbocycles. The monoisotopic (exact) mass is 696 g/mol. The summed E-state index contributed by atoms with van der Waals surface area (Å²) < 4.78 is 3.98. The molecule has 0 N–H and O–H groups in total. The summed E-state index contributed by atoms with van der Waals surface area (Å²) in [6.07, 6.45) is 12.6. The van der Waals surface area contributed by atoms with Crippen molar-refractivity contribution in [1.29, 1.82) is 0 Å². The van der Waals surface area contributed by atoms with Crippen molar-refractivity contribution in [3.05, 3.63) is 166 Å². The number of benzene rings is 5. The van der Waals surface area contributed by atoms with E-state index in [0.29, 0.717) is 28.5 Å². The summed E-state index contributed by atoms with van der Waals surface area (Å²) in [6.45, 7) is 0. The van der Waals surface area contributed by atoms with Gasteiger partial charge in [0.2, 0.25) is 5.95 Å². The van der Waals surface area contributed by atoms with Crippen LogP contribution in [0.1, 0.15) is 35.2 Å². The molecule has 256 valence electrons. The normalized spacial score (nSPS) is 13.6. The maximum atomic E-state index is 14.5. The molecular weight excluding hydrogens is 665 g/mol. The number of allylic oxidation sites excluding steroid dienone is 2. The van der Waals surface area contributed by atoms with Gasteiger partial charge >= 0.3 is 0 Å². The van der Waals surface area contributed by atoms with Gasteiger partial charge in [0.25, 0.3) is 5.56 Å². The lowest BCUT2D eigenvalue weighted by molar-refractivity contribution is 0.870. The van der Waals surface area contributed by atoms with Gasteiger partial charge in [0, 0.05) is 27.5 Å². The van der Waals surface area contributed by atoms with Crippen molar-refractivity contribution in [3.63, 3.8) is 0 Å². The first kappa shape index (κ1) is 30.6. The zero-order valence-electron chi connectivity index (χ0n) is 29.3. The minimum absolute atomic E-state index is 0.0302. The van der Waals surface area contributed by atoms with Gasteiger partial charge in [-0.15, -0.1) is 0 Å². The van der Waals surface area contributed by atoms with Gasteiger partial charge in [0.05, 0.1) is 27.6 Å². The highest BCUT2D eigenvalue weighted by molar-refractivity contribution is 6.10. The second-order valence-corrected chi connectivity index (χ2v) is 14.0. The van der Waals surface area contributed by atoms with E-state index in [1.807, 2.05) is 83.3 Å². The summed E-state index contributed by atoms with van der Waals surface area (Å²) in [6, 6.07) is 41.0. The van der Waals surface area contributed by atoms with Gasteiger partial charge in [-0.05, 0) is 84.3 Å². The Kier molecular flexibility index (Phi) is 6.82. The summed E-state index contributed by atoms with van der Waals surface area (Å²) in [5.74, 6) is 1.77. The lowest BCUT2D eigenvalue weighted by Gasteiger charge is -2.23. The molecule has 2 aliphatic carbocycles. The van der Waals surface area contributed by atoms with Crippen LogP contribution in [0.2, 0.25) is 0 Å². The largest absolute Gasteiger partial charge is 0.278 e. The first-order valence-corrected chi connectivity index (χ1v) is 18.5. The minimum Gasteiger partial charge on any atom is -0.278 e. The Bertz CT molecular complexity index is 3060. The van der Waals surface area contributed by atoms with Crippen molar-refractivity contribution in [2.75, 3.05) is 0 Å². The third kappa shape index (κ3) is 4.71. The molecular formula is C47H32N6O. The number of pyridine rings is 1. The SMILES string of the molecule is O=c1c2cc(-c3ccc4c(c3)c3ccccc3n4-c3nc(-c4ccccc4)nc(-c4ccccc4)n3)ccc2nc2c3c(c4c(n12)C=CCC4)CCC=C3. The average molecular weight is 697 g/mol. The van der Waals surface area contributed by atoms with Crippen LogP contribution in [-0.2, 0) is 12.8 Å². The second-order valence-electron chi connectivity index (χ2n) is 14.0. The van der Waals surface area contributed by atoms with Crippen molar-refractivity contribution in [1.82, 2.24) is 28.9 Å². The molecule has 11 rings (SSSR count). The summed E-state index contributed by atoms with van der Waals surface area (Å²) in [7, 11) is 0. The highest BCUT2D eigenvalue weighted by atomic mass is 16.1. The van der Waals surface area contributed by atoms with Crippen LogP contribution in [0.5, 0.6) is 0 Å². The van der Waals surface area contributed by atoms with Crippen LogP contribution < -0.4 is 5.56 Å². The van der Waals surface area contributed by atoms with Crippen LogP contribution in [0.15, 0.2) is 138 Å². The molecule has 4 aromatic heterocycles. The van der Waals surface area contributed by atoms with Crippen LogP contribution in [0.25, 0.3) is 90.4 Å². The van der Waals surface area contributed by atoms with E-state index >= 15 is 0 Å². The molecule has 7 nitrogen and oxygen atoms in total. The minimum atomic E-state index is -0.0302. The fourth-order valence-corrected chi connectivity index (χ4v) is 8.39. The highest BCUT2D eigenvalue weighted by Gasteiger charge is 2.23. The van der Waals surface area contributed by atoms with Gasteiger partial charge in [-0.2, -0.15) is 9.97 Å². The average Bonchev–Trinajstić information content (AvgIpc) is 3.58. The van der Waals surface area contributed by atoms with Gasteiger partial charge < -0.3 is 0 Å². The van der Waals surface area contributed by atoms with E-state index in [0.717, 1.165) is 86.6 Å². The quantitative estimate of drug-likeness (QED) is 0.171. The highest BCUT2D eigenvalue weighted by Crippen LogP contribution is 2.37. The maximum absolute atomic E-state index is 14.5. The van der Waals surface area contributed by atoms with Gasteiger partial charge in [0.1, 0.15) is 5.65 Å². The maximum Gasteiger partial charge on any atom is 0.266 e. The van der Waals surface area contributed by atoms with Crippen LogP contribution in [0.4, 0.5) is 0 Å². The van der Waals surface area contributed by atoms with Crippen LogP contribution in [-0.4, -0.2) is 28.9 Å². The Labute approximate surface area is 310 Å². The molecule has 0 saturated heterocycles. The number of aromatic nitrogens is 6. The van der Waals surface area contributed by atoms with E-state index in [-0.39, 0.29) is 5.56 Å². The number of rotatable bonds is 4. The number of hydrogen-bond donors (Lipinski definition) is 0. The summed E-state index contributed by atoms with van der Waals surface area (Å²) in [4.78, 5) is 34.7. The predicted octanol–water partition coefficient (Wildman–Crippen LogP) is 10.0. The number of fused-ring (bicyclic) bond motifs is 10. The van der Waals surface area contributed by atoms with Crippen molar-refractivity contribution in [3.8, 4) is 39.9 Å². The summed E-state index contributed by atoms with van der Waals surface area (Å²) in [5.41, 5.74) is 11.9. The Morgan fingerprint density at radius 3 is 1.91 bits per heavy atom. The standard InChI is InChI=1S/C47H32N6O/c54-46-38-28-31(23-25-39(38)48-45-36-20-8-7-17-33(36)34-18-9-12-22-41(34)53(45)46)32-24-26-42-37(27-32)35-19-10-11-21-40(35)52(42)47-50-43(29-13-3-1-4-14-29)49-44(51-47)30-15-5-2-6-16-30/h1-6,8,10-16,19-28H,7,9,17-18H2. The molecule has 0 saturated carbocycles. The van der Waals surface area contributed by atoms with Crippen molar-refractivity contribution in [2.24, 2.45) is 0 Å². The van der Waals surface area contributed by atoms with Gasteiger partial charge in [-0.25, -0.2) is 9.97 Å². The van der Waals surface area contributed by atoms with Crippen molar-refractivity contribution >= 4 is 50.5 Å². The molecule has 2 aliphatic rings. The van der Waals surface area contributed by atoms with E-state index in [4.69, 9.17) is 19.9 Å². The molecule has 0 aliphatic heterocycles. The zero-order valence-corrected chi connectivity index (χ0v) is 29.3. The predicted molar refractivity (Wildman–Crippen MR) is 218 cm³/mol. The first-order chi connectivity index (χ1) is 26.7. The Hall–Kier alpha value is -6.99.